The van der Waals surface area contributed by atoms with Crippen molar-refractivity contribution >= 4 is 50.7 Å². The highest BCUT2D eigenvalue weighted by Crippen LogP contribution is 2.32. The molecule has 0 unspecified atom stereocenters. The second-order valence-electron chi connectivity index (χ2n) is 11.5. The topological polar surface area (TPSA) is 96.0 Å². The van der Waals surface area contributed by atoms with E-state index in [4.69, 9.17) is 27.9 Å². The van der Waals surface area contributed by atoms with E-state index in [1.54, 1.807) is 48.5 Å². The lowest BCUT2D eigenvalue weighted by atomic mass is 10.0. The molecule has 0 saturated heterocycles. The van der Waals surface area contributed by atoms with Crippen LogP contribution >= 0.6 is 23.2 Å². The van der Waals surface area contributed by atoms with Gasteiger partial charge in [-0.15, -0.1) is 0 Å². The molecular formula is C36H37Cl2N3O5S. The summed E-state index contributed by atoms with van der Waals surface area (Å²) in [6, 6.07) is 28.0. The predicted molar refractivity (Wildman–Crippen MR) is 185 cm³/mol. The Morgan fingerprint density at radius 1 is 0.872 bits per heavy atom. The van der Waals surface area contributed by atoms with Gasteiger partial charge >= 0.3 is 0 Å². The fourth-order valence-corrected chi connectivity index (χ4v) is 7.57. The Balaban J connectivity index is 1.57. The van der Waals surface area contributed by atoms with Gasteiger partial charge in [0, 0.05) is 24.0 Å². The van der Waals surface area contributed by atoms with Crippen LogP contribution in [-0.4, -0.2) is 50.9 Å². The number of halogens is 2. The number of rotatable bonds is 13. The molecule has 1 saturated carbocycles. The first-order chi connectivity index (χ1) is 22.7. The number of ether oxygens (including phenoxy) is 1. The van der Waals surface area contributed by atoms with Crippen LogP contribution in [0.25, 0.3) is 0 Å². The minimum Gasteiger partial charge on any atom is -0.495 e. The summed E-state index contributed by atoms with van der Waals surface area (Å²) >= 11 is 12.6. The Bertz CT molecular complexity index is 1770. The first-order valence-corrected chi connectivity index (χ1v) is 17.6. The van der Waals surface area contributed by atoms with Crippen molar-refractivity contribution in [3.05, 3.63) is 124 Å². The summed E-state index contributed by atoms with van der Waals surface area (Å²) in [7, 11) is -2.79. The largest absolute Gasteiger partial charge is 0.495 e. The normalized spacial score (nSPS) is 13.9. The minimum absolute atomic E-state index is 0.00352. The maximum atomic E-state index is 14.6. The second kappa shape index (κ2) is 15.7. The van der Waals surface area contributed by atoms with E-state index in [2.05, 4.69) is 5.32 Å². The van der Waals surface area contributed by atoms with Crippen molar-refractivity contribution in [1.82, 2.24) is 10.2 Å². The molecule has 1 fully saturated rings. The van der Waals surface area contributed by atoms with E-state index < -0.39 is 28.5 Å². The third-order valence-corrected chi connectivity index (χ3v) is 10.6. The molecule has 0 aliphatic heterocycles. The Hall–Kier alpha value is -4.05. The van der Waals surface area contributed by atoms with Crippen LogP contribution in [0.15, 0.2) is 108 Å². The molecule has 47 heavy (non-hydrogen) atoms. The number of benzene rings is 4. The molecule has 0 aromatic heterocycles. The number of carbonyl (C=O) groups is 2. The number of nitrogens with one attached hydrogen (secondary N) is 1. The number of sulfonamides is 1. The van der Waals surface area contributed by atoms with Gasteiger partial charge in [0.25, 0.3) is 10.0 Å². The number of hydrogen-bond donors (Lipinski definition) is 1. The van der Waals surface area contributed by atoms with Crippen molar-refractivity contribution < 1.29 is 22.7 Å². The molecule has 5 rings (SSSR count). The van der Waals surface area contributed by atoms with Gasteiger partial charge in [0.15, 0.2) is 0 Å². The lowest BCUT2D eigenvalue weighted by molar-refractivity contribution is -0.140. The van der Waals surface area contributed by atoms with Crippen molar-refractivity contribution in [2.24, 2.45) is 0 Å². The van der Waals surface area contributed by atoms with Gasteiger partial charge in [-0.25, -0.2) is 8.42 Å². The SMILES string of the molecule is COc1ccc(N(CC(=O)N(Cc2ccc(Cl)cc2)[C@H](Cc2ccccc2)C(=O)NC2CCCC2)S(=O)(=O)c2ccccc2)cc1Cl. The van der Waals surface area contributed by atoms with Gasteiger partial charge in [-0.05, 0) is 66.4 Å². The average molecular weight is 695 g/mol. The third-order valence-electron chi connectivity index (χ3n) is 8.27. The van der Waals surface area contributed by atoms with Crippen LogP contribution in [-0.2, 0) is 32.6 Å². The van der Waals surface area contributed by atoms with Crippen LogP contribution in [0.3, 0.4) is 0 Å². The maximum Gasteiger partial charge on any atom is 0.264 e. The van der Waals surface area contributed by atoms with E-state index in [-0.39, 0.29) is 40.5 Å². The molecule has 0 spiro atoms. The molecule has 8 nitrogen and oxygen atoms in total. The van der Waals surface area contributed by atoms with E-state index in [1.165, 1.54) is 36.3 Å². The van der Waals surface area contributed by atoms with E-state index in [0.717, 1.165) is 41.1 Å². The van der Waals surface area contributed by atoms with Crippen LogP contribution < -0.4 is 14.4 Å². The number of hydrogen-bond acceptors (Lipinski definition) is 5. The minimum atomic E-state index is -4.25. The summed E-state index contributed by atoms with van der Waals surface area (Å²) in [5.74, 6) is -0.489. The molecule has 0 bridgehead atoms. The van der Waals surface area contributed by atoms with E-state index >= 15 is 0 Å². The quantitative estimate of drug-likeness (QED) is 0.164. The summed E-state index contributed by atoms with van der Waals surface area (Å²) in [4.78, 5) is 30.2. The first-order valence-electron chi connectivity index (χ1n) is 15.5. The zero-order valence-corrected chi connectivity index (χ0v) is 28.3. The number of nitrogens with zero attached hydrogens (tertiary/aromatic N) is 2. The fourth-order valence-electron chi connectivity index (χ4n) is 5.77. The van der Waals surface area contributed by atoms with Crippen LogP contribution in [0.2, 0.25) is 10.0 Å². The second-order valence-corrected chi connectivity index (χ2v) is 14.2. The monoisotopic (exact) mass is 693 g/mol. The van der Waals surface area contributed by atoms with Gasteiger partial charge < -0.3 is 15.0 Å². The highest BCUT2D eigenvalue weighted by molar-refractivity contribution is 7.92. The molecule has 11 heteroatoms. The average Bonchev–Trinajstić information content (AvgIpc) is 3.59. The molecule has 0 heterocycles. The fraction of sp³-hybridized carbons (Fsp3) is 0.278. The number of carbonyl (C=O) groups excluding carboxylic acids is 2. The van der Waals surface area contributed by atoms with Crippen molar-refractivity contribution in [2.75, 3.05) is 18.0 Å². The highest BCUT2D eigenvalue weighted by Gasteiger charge is 2.35. The molecule has 1 aliphatic rings. The molecule has 1 N–H and O–H groups in total. The number of methoxy groups -OCH3 is 1. The van der Waals surface area contributed by atoms with Crippen molar-refractivity contribution in [1.29, 1.82) is 0 Å². The molecular weight excluding hydrogens is 657 g/mol. The smallest absolute Gasteiger partial charge is 0.264 e. The summed E-state index contributed by atoms with van der Waals surface area (Å²) in [5.41, 5.74) is 1.78. The zero-order chi connectivity index (χ0) is 33.4. The Morgan fingerprint density at radius 2 is 1.51 bits per heavy atom. The number of amides is 2. The van der Waals surface area contributed by atoms with Gasteiger partial charge in [0.05, 0.1) is 22.7 Å². The number of anilines is 1. The molecule has 1 aliphatic carbocycles. The van der Waals surface area contributed by atoms with Crippen molar-refractivity contribution in [3.8, 4) is 5.75 Å². The van der Waals surface area contributed by atoms with Crippen LogP contribution in [0.1, 0.15) is 36.8 Å². The van der Waals surface area contributed by atoms with E-state index in [9.17, 15) is 18.0 Å². The molecule has 246 valence electrons. The Labute approximate surface area is 286 Å². The molecule has 4 aromatic carbocycles. The van der Waals surface area contributed by atoms with Crippen LogP contribution in [0.5, 0.6) is 5.75 Å². The maximum absolute atomic E-state index is 14.6. The summed E-state index contributed by atoms with van der Waals surface area (Å²) in [6.07, 6.45) is 4.03. The third kappa shape index (κ3) is 8.66. The standard InChI is InChI=1S/C36H37Cl2N3O5S/c1-46-34-21-20-30(23-32(34)38)41(47(44,45)31-14-6-3-7-15-31)25-35(42)40(24-27-16-18-28(37)19-17-27)33(22-26-10-4-2-5-11-26)36(43)39-29-12-8-9-13-29/h2-7,10-11,14-21,23,29,33H,8-9,12-13,22,24-25H2,1H3,(H,39,43)/t33-/m1/s1. The lowest BCUT2D eigenvalue weighted by Gasteiger charge is -2.34. The summed E-state index contributed by atoms with van der Waals surface area (Å²) < 4.78 is 34.6. The van der Waals surface area contributed by atoms with Gasteiger partial charge in [-0.2, -0.15) is 0 Å². The summed E-state index contributed by atoms with van der Waals surface area (Å²) in [5, 5.41) is 3.89. The van der Waals surface area contributed by atoms with Crippen molar-refractivity contribution in [3.63, 3.8) is 0 Å². The molecule has 1 atom stereocenters. The molecule has 4 aromatic rings. The molecule has 0 radical (unpaired) electrons. The van der Waals surface area contributed by atoms with Gasteiger partial charge in [0.2, 0.25) is 11.8 Å². The van der Waals surface area contributed by atoms with Gasteiger partial charge in [-0.1, -0.05) is 96.7 Å². The Kier molecular flexibility index (Phi) is 11.4. The van der Waals surface area contributed by atoms with Gasteiger partial charge in [0.1, 0.15) is 18.3 Å². The predicted octanol–water partition coefficient (Wildman–Crippen LogP) is 6.90. The first kappa shape index (κ1) is 34.3. The lowest BCUT2D eigenvalue weighted by Crippen LogP contribution is -2.54. The molecule has 2 amide bonds. The summed E-state index contributed by atoms with van der Waals surface area (Å²) in [6.45, 7) is -0.538. The van der Waals surface area contributed by atoms with Crippen molar-refractivity contribution in [2.45, 2.75) is 55.6 Å². The van der Waals surface area contributed by atoms with Crippen LogP contribution in [0.4, 0.5) is 5.69 Å². The van der Waals surface area contributed by atoms with Gasteiger partial charge in [-0.3, -0.25) is 13.9 Å². The van der Waals surface area contributed by atoms with Crippen LogP contribution in [0, 0.1) is 0 Å². The van der Waals surface area contributed by atoms with E-state index in [1.807, 2.05) is 30.3 Å². The zero-order valence-electron chi connectivity index (χ0n) is 26.0. The highest BCUT2D eigenvalue weighted by atomic mass is 35.5. The van der Waals surface area contributed by atoms with E-state index in [0.29, 0.717) is 10.8 Å². The Morgan fingerprint density at radius 3 is 2.13 bits per heavy atom.